The number of amides is 1. The molecule has 2 fully saturated rings. The maximum Gasteiger partial charge on any atom is 0.226 e. The van der Waals surface area contributed by atoms with Crippen molar-refractivity contribution in [3.8, 4) is 0 Å². The van der Waals surface area contributed by atoms with Gasteiger partial charge in [0.05, 0.1) is 31.8 Å². The van der Waals surface area contributed by atoms with Crippen LogP contribution < -0.4 is 5.32 Å². The Morgan fingerprint density at radius 3 is 2.69 bits per heavy atom. The average Bonchev–Trinajstić information content (AvgIpc) is 2.43. The molecule has 74 valence electrons. The summed E-state index contributed by atoms with van der Waals surface area (Å²) >= 11 is 0. The van der Waals surface area contributed by atoms with E-state index in [2.05, 4.69) is 5.32 Å². The number of ether oxygens (including phenoxy) is 1. The fourth-order valence-electron chi connectivity index (χ4n) is 1.85. The Labute approximate surface area is 75.7 Å². The van der Waals surface area contributed by atoms with Gasteiger partial charge in [-0.25, -0.2) is 0 Å². The van der Waals surface area contributed by atoms with Crippen LogP contribution in [0, 0.1) is 5.92 Å². The van der Waals surface area contributed by atoms with Gasteiger partial charge in [0.2, 0.25) is 5.91 Å². The van der Waals surface area contributed by atoms with Crippen molar-refractivity contribution in [2.24, 2.45) is 5.92 Å². The van der Waals surface area contributed by atoms with Gasteiger partial charge in [0, 0.05) is 0 Å². The molecule has 5 nitrogen and oxygen atoms in total. The third-order valence-electron chi connectivity index (χ3n) is 2.76. The van der Waals surface area contributed by atoms with Gasteiger partial charge in [-0.05, 0) is 6.42 Å². The molecule has 2 saturated heterocycles. The predicted molar refractivity (Wildman–Crippen MR) is 42.9 cm³/mol. The summed E-state index contributed by atoms with van der Waals surface area (Å²) in [5.41, 5.74) is -0.992. The second-order valence-corrected chi connectivity index (χ2v) is 3.77. The number of hydrogen-bond donors (Lipinski definition) is 3. The first-order chi connectivity index (χ1) is 6.15. The lowest BCUT2D eigenvalue weighted by Gasteiger charge is -2.39. The molecule has 0 aromatic heterocycles. The zero-order valence-electron chi connectivity index (χ0n) is 7.19. The molecule has 1 amide bonds. The summed E-state index contributed by atoms with van der Waals surface area (Å²) in [6, 6.07) is -0.206. The number of rotatable bonds is 2. The Balaban J connectivity index is 2.04. The van der Waals surface area contributed by atoms with E-state index in [1.165, 1.54) is 0 Å². The number of carbonyl (C=O) groups is 1. The Bertz CT molecular complexity index is 226. The Kier molecular flexibility index (Phi) is 2.02. The van der Waals surface area contributed by atoms with E-state index in [1.807, 2.05) is 0 Å². The summed E-state index contributed by atoms with van der Waals surface area (Å²) in [6.45, 7) is 0.381. The average molecular weight is 187 g/mol. The molecule has 0 saturated carbocycles. The van der Waals surface area contributed by atoms with Crippen LogP contribution in [-0.4, -0.2) is 47.6 Å². The highest BCUT2D eigenvalue weighted by molar-refractivity contribution is 5.82. The predicted octanol–water partition coefficient (Wildman–Crippen LogP) is -1.76. The first-order valence-electron chi connectivity index (χ1n) is 4.37. The van der Waals surface area contributed by atoms with Gasteiger partial charge in [-0.1, -0.05) is 0 Å². The van der Waals surface area contributed by atoms with Crippen molar-refractivity contribution < 1.29 is 19.7 Å². The van der Waals surface area contributed by atoms with Crippen LogP contribution in [0.2, 0.25) is 0 Å². The second-order valence-electron chi connectivity index (χ2n) is 3.77. The lowest BCUT2D eigenvalue weighted by atomic mass is 9.83. The van der Waals surface area contributed by atoms with Crippen LogP contribution in [-0.2, 0) is 9.53 Å². The molecule has 3 N–H and O–H groups in total. The fraction of sp³-hybridized carbons (Fsp3) is 0.875. The quantitative estimate of drug-likeness (QED) is 0.479. The second kappa shape index (κ2) is 2.94. The van der Waals surface area contributed by atoms with Crippen molar-refractivity contribution in [1.29, 1.82) is 0 Å². The van der Waals surface area contributed by atoms with Gasteiger partial charge in [0.25, 0.3) is 0 Å². The van der Waals surface area contributed by atoms with Crippen molar-refractivity contribution in [2.75, 3.05) is 19.8 Å². The van der Waals surface area contributed by atoms with Crippen LogP contribution >= 0.6 is 0 Å². The van der Waals surface area contributed by atoms with Gasteiger partial charge < -0.3 is 20.3 Å². The van der Waals surface area contributed by atoms with E-state index in [1.54, 1.807) is 0 Å². The SMILES string of the molecule is O=C1N[C@H](CO)C[C@H]1C1(O)COC1. The monoisotopic (exact) mass is 187 g/mol. The highest BCUT2D eigenvalue weighted by atomic mass is 16.5. The van der Waals surface area contributed by atoms with E-state index in [0.717, 1.165) is 0 Å². The van der Waals surface area contributed by atoms with E-state index in [0.29, 0.717) is 6.42 Å². The number of nitrogens with one attached hydrogen (secondary N) is 1. The molecule has 0 radical (unpaired) electrons. The third-order valence-corrected chi connectivity index (χ3v) is 2.76. The molecule has 0 spiro atoms. The van der Waals surface area contributed by atoms with Crippen molar-refractivity contribution in [2.45, 2.75) is 18.1 Å². The molecule has 0 unspecified atom stereocenters. The van der Waals surface area contributed by atoms with E-state index in [-0.39, 0.29) is 31.8 Å². The molecule has 0 aromatic rings. The Morgan fingerprint density at radius 2 is 2.31 bits per heavy atom. The highest BCUT2D eigenvalue weighted by Gasteiger charge is 2.51. The van der Waals surface area contributed by atoms with Gasteiger partial charge >= 0.3 is 0 Å². The van der Waals surface area contributed by atoms with Gasteiger partial charge in [0.15, 0.2) is 0 Å². The Morgan fingerprint density at radius 1 is 1.62 bits per heavy atom. The lowest BCUT2D eigenvalue weighted by molar-refractivity contribution is -0.205. The number of aliphatic hydroxyl groups excluding tert-OH is 1. The van der Waals surface area contributed by atoms with E-state index < -0.39 is 11.5 Å². The smallest absolute Gasteiger partial charge is 0.226 e. The van der Waals surface area contributed by atoms with Crippen molar-refractivity contribution in [3.63, 3.8) is 0 Å². The maximum atomic E-state index is 11.3. The van der Waals surface area contributed by atoms with E-state index in [4.69, 9.17) is 9.84 Å². The van der Waals surface area contributed by atoms with E-state index >= 15 is 0 Å². The number of hydrogen-bond acceptors (Lipinski definition) is 4. The first-order valence-corrected chi connectivity index (χ1v) is 4.37. The van der Waals surface area contributed by atoms with Gasteiger partial charge in [-0.2, -0.15) is 0 Å². The molecular formula is C8H13NO4. The molecule has 2 atom stereocenters. The van der Waals surface area contributed by atoms with Gasteiger partial charge in [-0.15, -0.1) is 0 Å². The number of aliphatic hydroxyl groups is 2. The van der Waals surface area contributed by atoms with Crippen LogP contribution in [0.15, 0.2) is 0 Å². The largest absolute Gasteiger partial charge is 0.394 e. The molecular weight excluding hydrogens is 174 g/mol. The minimum absolute atomic E-state index is 0.0703. The van der Waals surface area contributed by atoms with Gasteiger partial charge in [-0.3, -0.25) is 4.79 Å². The Hall–Kier alpha value is -0.650. The summed E-state index contributed by atoms with van der Waals surface area (Å²) in [7, 11) is 0. The molecule has 2 rings (SSSR count). The van der Waals surface area contributed by atoms with Crippen molar-refractivity contribution >= 4 is 5.91 Å². The third kappa shape index (κ3) is 1.33. The summed E-state index contributed by atoms with van der Waals surface area (Å²) in [5.74, 6) is -0.594. The zero-order valence-corrected chi connectivity index (χ0v) is 7.19. The van der Waals surface area contributed by atoms with Crippen LogP contribution in [0.5, 0.6) is 0 Å². The molecule has 2 heterocycles. The standard InChI is InChI=1S/C8H13NO4/c10-2-5-1-6(7(11)9-5)8(12)3-13-4-8/h5-6,10,12H,1-4H2,(H,9,11)/t5-,6+/m0/s1. The minimum Gasteiger partial charge on any atom is -0.394 e. The molecule has 0 bridgehead atoms. The molecule has 0 aliphatic carbocycles. The molecule has 2 aliphatic rings. The normalized spacial score (nSPS) is 36.9. The van der Waals surface area contributed by atoms with Gasteiger partial charge in [0.1, 0.15) is 5.60 Å². The van der Waals surface area contributed by atoms with Crippen molar-refractivity contribution in [3.05, 3.63) is 0 Å². The minimum atomic E-state index is -0.992. The molecule has 5 heteroatoms. The first kappa shape index (κ1) is 8.93. The summed E-state index contributed by atoms with van der Waals surface area (Å²) in [6.07, 6.45) is 0.495. The molecule has 0 aromatic carbocycles. The highest BCUT2D eigenvalue weighted by Crippen LogP contribution is 2.32. The van der Waals surface area contributed by atoms with Crippen molar-refractivity contribution in [1.82, 2.24) is 5.32 Å². The van der Waals surface area contributed by atoms with Crippen LogP contribution in [0.1, 0.15) is 6.42 Å². The zero-order chi connectivity index (χ0) is 9.47. The summed E-state index contributed by atoms with van der Waals surface area (Å²) in [4.78, 5) is 11.3. The number of carbonyl (C=O) groups excluding carboxylic acids is 1. The van der Waals surface area contributed by atoms with Crippen LogP contribution in [0.4, 0.5) is 0 Å². The maximum absolute atomic E-state index is 11.3. The topological polar surface area (TPSA) is 78.8 Å². The fourth-order valence-corrected chi connectivity index (χ4v) is 1.85. The summed E-state index contributed by atoms with van der Waals surface area (Å²) in [5, 5.41) is 21.3. The van der Waals surface area contributed by atoms with Crippen LogP contribution in [0.3, 0.4) is 0 Å². The molecule has 13 heavy (non-hydrogen) atoms. The molecule has 2 aliphatic heterocycles. The van der Waals surface area contributed by atoms with Crippen LogP contribution in [0.25, 0.3) is 0 Å². The van der Waals surface area contributed by atoms with E-state index in [9.17, 15) is 9.90 Å². The lowest BCUT2D eigenvalue weighted by Crippen LogP contribution is -2.57. The summed E-state index contributed by atoms with van der Waals surface area (Å²) < 4.78 is 4.87.